The zero-order chi connectivity index (χ0) is 9.84. The van der Waals surface area contributed by atoms with Crippen molar-refractivity contribution >= 4 is 17.4 Å². The number of ether oxygens (including phenoxy) is 1. The first kappa shape index (κ1) is 10.1. The highest BCUT2D eigenvalue weighted by atomic mass is 35.5. The number of aryl methyl sites for hydroxylation is 1. The Morgan fingerprint density at radius 3 is 2.77 bits per heavy atom. The molecule has 1 rings (SSSR count). The predicted octanol–water partition coefficient (Wildman–Crippen LogP) is 2.62. The van der Waals surface area contributed by atoms with E-state index in [1.165, 1.54) is 6.92 Å². The molecule has 0 spiro atoms. The number of carbonyl (C=O) groups is 1. The molecular weight excluding hydrogens is 188 g/mol. The van der Waals surface area contributed by atoms with E-state index in [1.807, 2.05) is 13.0 Å². The van der Waals surface area contributed by atoms with Crippen molar-refractivity contribution in [3.05, 3.63) is 28.8 Å². The van der Waals surface area contributed by atoms with E-state index in [9.17, 15) is 4.79 Å². The second kappa shape index (κ2) is 4.28. The Morgan fingerprint density at radius 1 is 1.54 bits per heavy atom. The summed E-state index contributed by atoms with van der Waals surface area (Å²) in [6.07, 6.45) is 0. The van der Waals surface area contributed by atoms with E-state index in [0.29, 0.717) is 10.8 Å². The summed E-state index contributed by atoms with van der Waals surface area (Å²) in [6.45, 7) is 3.49. The van der Waals surface area contributed by atoms with Crippen molar-refractivity contribution in [1.82, 2.24) is 0 Å². The minimum Gasteiger partial charge on any atom is -0.484 e. The number of benzene rings is 1. The quantitative estimate of drug-likeness (QED) is 0.747. The molecule has 0 saturated carbocycles. The van der Waals surface area contributed by atoms with Crippen LogP contribution in [0, 0.1) is 6.92 Å². The maximum Gasteiger partial charge on any atom is 0.167 e. The van der Waals surface area contributed by atoms with Gasteiger partial charge in [-0.15, -0.1) is 0 Å². The third-order valence-corrected chi connectivity index (χ3v) is 1.81. The zero-order valence-electron chi connectivity index (χ0n) is 7.63. The lowest BCUT2D eigenvalue weighted by molar-refractivity contribution is -0.118. The van der Waals surface area contributed by atoms with Gasteiger partial charge in [0, 0.05) is 0 Å². The van der Waals surface area contributed by atoms with E-state index in [4.69, 9.17) is 16.3 Å². The maximum atomic E-state index is 10.6. The third-order valence-electron chi connectivity index (χ3n) is 1.52. The van der Waals surface area contributed by atoms with Gasteiger partial charge in [0.05, 0.1) is 5.02 Å². The highest BCUT2D eigenvalue weighted by Crippen LogP contribution is 2.24. The first-order valence-corrected chi connectivity index (χ1v) is 4.36. The lowest BCUT2D eigenvalue weighted by Gasteiger charge is -2.05. The van der Waals surface area contributed by atoms with Crippen molar-refractivity contribution in [1.29, 1.82) is 0 Å². The van der Waals surface area contributed by atoms with Gasteiger partial charge in [0.15, 0.2) is 5.78 Å². The van der Waals surface area contributed by atoms with E-state index in [2.05, 4.69) is 0 Å². The minimum absolute atomic E-state index is 0.0170. The molecule has 0 unspecified atom stereocenters. The van der Waals surface area contributed by atoms with Crippen molar-refractivity contribution in [3.8, 4) is 5.75 Å². The highest BCUT2D eigenvalue weighted by molar-refractivity contribution is 6.32. The molecule has 0 bridgehead atoms. The summed E-state index contributed by atoms with van der Waals surface area (Å²) in [5.74, 6) is 0.541. The summed E-state index contributed by atoms with van der Waals surface area (Å²) in [5, 5.41) is 0.543. The second-order valence-corrected chi connectivity index (χ2v) is 3.33. The molecule has 0 fully saturated rings. The Morgan fingerprint density at radius 2 is 2.23 bits per heavy atom. The molecule has 0 atom stereocenters. The van der Waals surface area contributed by atoms with Crippen molar-refractivity contribution in [2.45, 2.75) is 13.8 Å². The topological polar surface area (TPSA) is 26.3 Å². The van der Waals surface area contributed by atoms with Gasteiger partial charge < -0.3 is 4.74 Å². The van der Waals surface area contributed by atoms with Gasteiger partial charge >= 0.3 is 0 Å². The van der Waals surface area contributed by atoms with Crippen LogP contribution in [0.2, 0.25) is 5.02 Å². The number of ketones is 1. The fourth-order valence-corrected chi connectivity index (χ4v) is 1.19. The molecule has 0 N–H and O–H groups in total. The van der Waals surface area contributed by atoms with Gasteiger partial charge in [0.25, 0.3) is 0 Å². The maximum absolute atomic E-state index is 10.6. The number of hydrogen-bond donors (Lipinski definition) is 0. The monoisotopic (exact) mass is 198 g/mol. The molecule has 0 amide bonds. The number of Topliss-reactive ketones (excluding diaryl/α,β-unsaturated/α-hetero) is 1. The Kier molecular flexibility index (Phi) is 3.32. The predicted molar refractivity (Wildman–Crippen MR) is 52.4 cm³/mol. The van der Waals surface area contributed by atoms with Crippen LogP contribution in [-0.2, 0) is 4.79 Å². The lowest BCUT2D eigenvalue weighted by atomic mass is 10.2. The molecule has 13 heavy (non-hydrogen) atoms. The summed E-state index contributed by atoms with van der Waals surface area (Å²) >= 11 is 5.88. The summed E-state index contributed by atoms with van der Waals surface area (Å²) in [4.78, 5) is 10.6. The van der Waals surface area contributed by atoms with Crippen LogP contribution in [0.25, 0.3) is 0 Å². The van der Waals surface area contributed by atoms with Crippen LogP contribution in [0.4, 0.5) is 0 Å². The fourth-order valence-electron chi connectivity index (χ4n) is 0.902. The number of halogens is 1. The first-order valence-electron chi connectivity index (χ1n) is 3.98. The molecule has 2 nitrogen and oxygen atoms in total. The molecule has 0 aliphatic rings. The zero-order valence-corrected chi connectivity index (χ0v) is 8.39. The summed E-state index contributed by atoms with van der Waals surface area (Å²) in [5.41, 5.74) is 1.07. The van der Waals surface area contributed by atoms with E-state index in [0.717, 1.165) is 5.56 Å². The van der Waals surface area contributed by atoms with Crippen LogP contribution in [0.3, 0.4) is 0 Å². The minimum atomic E-state index is -0.0170. The van der Waals surface area contributed by atoms with E-state index >= 15 is 0 Å². The van der Waals surface area contributed by atoms with E-state index < -0.39 is 0 Å². The molecular formula is C10H11ClO2. The second-order valence-electron chi connectivity index (χ2n) is 2.92. The van der Waals surface area contributed by atoms with E-state index in [-0.39, 0.29) is 12.4 Å². The summed E-state index contributed by atoms with van der Waals surface area (Å²) < 4.78 is 5.17. The first-order chi connectivity index (χ1) is 6.09. The summed E-state index contributed by atoms with van der Waals surface area (Å²) in [7, 11) is 0. The van der Waals surface area contributed by atoms with Gasteiger partial charge in [-0.2, -0.15) is 0 Å². The van der Waals surface area contributed by atoms with Gasteiger partial charge in [-0.3, -0.25) is 4.79 Å². The van der Waals surface area contributed by atoms with Crippen LogP contribution >= 0.6 is 11.6 Å². The average Bonchev–Trinajstić information content (AvgIpc) is 2.02. The van der Waals surface area contributed by atoms with Crippen molar-refractivity contribution in [2.24, 2.45) is 0 Å². The van der Waals surface area contributed by atoms with Gasteiger partial charge in [0.1, 0.15) is 12.4 Å². The Labute approximate surface area is 82.5 Å². The average molecular weight is 199 g/mol. The molecule has 0 heterocycles. The van der Waals surface area contributed by atoms with Crippen molar-refractivity contribution in [2.75, 3.05) is 6.61 Å². The van der Waals surface area contributed by atoms with Gasteiger partial charge in [-0.1, -0.05) is 17.7 Å². The molecule has 0 saturated heterocycles. The summed E-state index contributed by atoms with van der Waals surface area (Å²) in [6, 6.07) is 5.46. The highest BCUT2D eigenvalue weighted by Gasteiger charge is 2.02. The van der Waals surface area contributed by atoms with Crippen LogP contribution in [0.5, 0.6) is 5.75 Å². The molecule has 1 aromatic rings. The standard InChI is InChI=1S/C10H11ClO2/c1-7-3-4-10(9(11)5-7)13-6-8(2)12/h3-5H,6H2,1-2H3. The Bertz CT molecular complexity index is 321. The lowest BCUT2D eigenvalue weighted by Crippen LogP contribution is -2.06. The largest absolute Gasteiger partial charge is 0.484 e. The Hall–Kier alpha value is -1.02. The number of carbonyl (C=O) groups excluding carboxylic acids is 1. The molecule has 0 radical (unpaired) electrons. The molecule has 1 aromatic carbocycles. The van der Waals surface area contributed by atoms with Gasteiger partial charge in [-0.05, 0) is 31.5 Å². The third kappa shape index (κ3) is 3.07. The molecule has 0 aromatic heterocycles. The molecule has 3 heteroatoms. The van der Waals surface area contributed by atoms with Crippen LogP contribution < -0.4 is 4.74 Å². The number of rotatable bonds is 3. The SMILES string of the molecule is CC(=O)COc1ccc(C)cc1Cl. The van der Waals surface area contributed by atoms with Crippen LogP contribution in [0.15, 0.2) is 18.2 Å². The molecule has 0 aliphatic heterocycles. The van der Waals surface area contributed by atoms with Crippen LogP contribution in [-0.4, -0.2) is 12.4 Å². The van der Waals surface area contributed by atoms with Crippen molar-refractivity contribution in [3.63, 3.8) is 0 Å². The Balaban J connectivity index is 2.72. The van der Waals surface area contributed by atoms with Crippen molar-refractivity contribution < 1.29 is 9.53 Å². The number of hydrogen-bond acceptors (Lipinski definition) is 2. The van der Waals surface area contributed by atoms with E-state index in [1.54, 1.807) is 12.1 Å². The van der Waals surface area contributed by atoms with Gasteiger partial charge in [-0.25, -0.2) is 0 Å². The van der Waals surface area contributed by atoms with Crippen LogP contribution in [0.1, 0.15) is 12.5 Å². The van der Waals surface area contributed by atoms with Gasteiger partial charge in [0.2, 0.25) is 0 Å². The molecule has 0 aliphatic carbocycles. The normalized spacial score (nSPS) is 9.77. The smallest absolute Gasteiger partial charge is 0.167 e. The fraction of sp³-hybridized carbons (Fsp3) is 0.300. The molecule has 70 valence electrons.